The molecular formula is C13H19F2NO3. The number of halogens is 2. The normalized spacial score (nSPS) is 34.3. The molecule has 6 heteroatoms. The number of carbonyl (C=O) groups excluding carboxylic acids is 1. The van der Waals surface area contributed by atoms with Gasteiger partial charge in [-0.2, -0.15) is 0 Å². The summed E-state index contributed by atoms with van der Waals surface area (Å²) in [6.07, 6.45) is 0.764. The van der Waals surface area contributed by atoms with Gasteiger partial charge in [-0.15, -0.1) is 0 Å². The fourth-order valence-electron chi connectivity index (χ4n) is 3.19. The van der Waals surface area contributed by atoms with Crippen LogP contribution in [0.5, 0.6) is 0 Å². The van der Waals surface area contributed by atoms with Crippen molar-refractivity contribution in [3.05, 3.63) is 0 Å². The van der Waals surface area contributed by atoms with Gasteiger partial charge in [-0.05, 0) is 25.2 Å². The van der Waals surface area contributed by atoms with Crippen molar-refractivity contribution < 1.29 is 23.5 Å². The molecule has 19 heavy (non-hydrogen) atoms. The Morgan fingerprint density at radius 3 is 2.58 bits per heavy atom. The van der Waals surface area contributed by atoms with Gasteiger partial charge < -0.3 is 10.0 Å². The molecule has 2 fully saturated rings. The zero-order chi connectivity index (χ0) is 14.2. The first-order valence-electron chi connectivity index (χ1n) is 6.73. The van der Waals surface area contributed by atoms with Gasteiger partial charge >= 0.3 is 5.97 Å². The third-order valence-electron chi connectivity index (χ3n) is 4.23. The number of nitrogens with zero attached hydrogens (tertiary/aromatic N) is 1. The first kappa shape index (κ1) is 14.2. The Labute approximate surface area is 110 Å². The molecule has 0 bridgehead atoms. The van der Waals surface area contributed by atoms with Crippen LogP contribution in [-0.2, 0) is 9.59 Å². The molecule has 4 nitrogen and oxygen atoms in total. The Morgan fingerprint density at radius 2 is 2.00 bits per heavy atom. The van der Waals surface area contributed by atoms with Gasteiger partial charge in [0.25, 0.3) is 0 Å². The van der Waals surface area contributed by atoms with E-state index in [-0.39, 0.29) is 12.3 Å². The summed E-state index contributed by atoms with van der Waals surface area (Å²) in [6.45, 7) is 2.14. The molecule has 1 amide bonds. The minimum Gasteiger partial charge on any atom is -0.480 e. The van der Waals surface area contributed by atoms with E-state index in [0.29, 0.717) is 25.8 Å². The van der Waals surface area contributed by atoms with Gasteiger partial charge in [0.1, 0.15) is 6.04 Å². The van der Waals surface area contributed by atoms with Gasteiger partial charge in [-0.25, -0.2) is 13.6 Å². The van der Waals surface area contributed by atoms with E-state index in [1.54, 1.807) is 6.92 Å². The van der Waals surface area contributed by atoms with Crippen LogP contribution in [0.2, 0.25) is 0 Å². The first-order valence-corrected chi connectivity index (χ1v) is 6.73. The van der Waals surface area contributed by atoms with Crippen molar-refractivity contribution in [2.75, 3.05) is 6.54 Å². The molecule has 0 aromatic heterocycles. The fraction of sp³-hybridized carbons (Fsp3) is 0.846. The summed E-state index contributed by atoms with van der Waals surface area (Å²) < 4.78 is 26.7. The number of carbonyl (C=O) groups is 2. The molecule has 3 unspecified atom stereocenters. The lowest BCUT2D eigenvalue weighted by molar-refractivity contribution is -0.154. The SMILES string of the molecule is CC1CCN(C(=O)C2CCCC(F)(F)C2)C1C(=O)O. The predicted octanol–water partition coefficient (Wildman–Crippen LogP) is 2.13. The second-order valence-electron chi connectivity index (χ2n) is 5.73. The summed E-state index contributed by atoms with van der Waals surface area (Å²) in [5, 5.41) is 9.16. The first-order chi connectivity index (χ1) is 8.82. The monoisotopic (exact) mass is 275 g/mol. The highest BCUT2D eigenvalue weighted by Crippen LogP contribution is 2.38. The number of alkyl halides is 2. The predicted molar refractivity (Wildman–Crippen MR) is 63.8 cm³/mol. The molecule has 1 saturated heterocycles. The number of rotatable bonds is 2. The van der Waals surface area contributed by atoms with Gasteiger partial charge in [0.15, 0.2) is 0 Å². The molecule has 108 valence electrons. The van der Waals surface area contributed by atoms with Gasteiger partial charge in [-0.1, -0.05) is 6.92 Å². The van der Waals surface area contributed by atoms with Crippen LogP contribution in [0.3, 0.4) is 0 Å². The van der Waals surface area contributed by atoms with Gasteiger partial charge in [0.05, 0.1) is 0 Å². The number of hydrogen-bond donors (Lipinski definition) is 1. The summed E-state index contributed by atoms with van der Waals surface area (Å²) in [5.41, 5.74) is 0. The standard InChI is InChI=1S/C13H19F2NO3/c1-8-4-6-16(10(8)12(18)19)11(17)9-3-2-5-13(14,15)7-9/h8-10H,2-7H2,1H3,(H,18,19). The Balaban J connectivity index is 2.09. The number of likely N-dealkylation sites (tertiary alicyclic amines) is 1. The van der Waals surface area contributed by atoms with E-state index in [0.717, 1.165) is 0 Å². The van der Waals surface area contributed by atoms with Crippen molar-refractivity contribution in [1.29, 1.82) is 0 Å². The van der Waals surface area contributed by atoms with Crippen molar-refractivity contribution >= 4 is 11.9 Å². The van der Waals surface area contributed by atoms with Gasteiger partial charge in [-0.3, -0.25) is 4.79 Å². The second-order valence-corrected chi connectivity index (χ2v) is 5.73. The summed E-state index contributed by atoms with van der Waals surface area (Å²) in [4.78, 5) is 24.8. The Kier molecular flexibility index (Phi) is 3.78. The summed E-state index contributed by atoms with van der Waals surface area (Å²) >= 11 is 0. The summed E-state index contributed by atoms with van der Waals surface area (Å²) in [6, 6.07) is -0.858. The van der Waals surface area contributed by atoms with E-state index < -0.39 is 36.2 Å². The molecule has 1 aliphatic heterocycles. The number of carboxylic acids is 1. The molecule has 3 atom stereocenters. The summed E-state index contributed by atoms with van der Waals surface area (Å²) in [7, 11) is 0. The zero-order valence-corrected chi connectivity index (χ0v) is 10.9. The average Bonchev–Trinajstić information content (AvgIpc) is 2.68. The van der Waals surface area contributed by atoms with Crippen molar-refractivity contribution in [3.8, 4) is 0 Å². The lowest BCUT2D eigenvalue weighted by Gasteiger charge is -2.32. The molecule has 0 radical (unpaired) electrons. The third kappa shape index (κ3) is 2.87. The topological polar surface area (TPSA) is 57.6 Å². The van der Waals surface area contributed by atoms with Gasteiger partial charge in [0.2, 0.25) is 11.8 Å². The summed E-state index contributed by atoms with van der Waals surface area (Å²) in [5.74, 6) is -5.08. The Morgan fingerprint density at radius 1 is 1.32 bits per heavy atom. The van der Waals surface area contributed by atoms with Crippen LogP contribution in [0, 0.1) is 11.8 Å². The van der Waals surface area contributed by atoms with Gasteiger partial charge in [0, 0.05) is 25.3 Å². The Hall–Kier alpha value is -1.20. The van der Waals surface area contributed by atoms with Crippen LogP contribution in [-0.4, -0.2) is 40.4 Å². The van der Waals surface area contributed by atoms with E-state index in [9.17, 15) is 18.4 Å². The lowest BCUT2D eigenvalue weighted by Crippen LogP contribution is -2.47. The van der Waals surface area contributed by atoms with Crippen molar-refractivity contribution in [1.82, 2.24) is 4.90 Å². The minimum absolute atomic E-state index is 0.120. The average molecular weight is 275 g/mol. The highest BCUT2D eigenvalue weighted by Gasteiger charge is 2.45. The lowest BCUT2D eigenvalue weighted by atomic mass is 9.85. The molecule has 2 aliphatic rings. The third-order valence-corrected chi connectivity index (χ3v) is 4.23. The molecular weight excluding hydrogens is 256 g/mol. The molecule has 1 heterocycles. The van der Waals surface area contributed by atoms with E-state index >= 15 is 0 Å². The highest BCUT2D eigenvalue weighted by molar-refractivity contribution is 5.86. The van der Waals surface area contributed by atoms with Crippen LogP contribution < -0.4 is 0 Å². The molecule has 0 spiro atoms. The minimum atomic E-state index is -2.79. The molecule has 0 aromatic rings. The molecule has 1 aliphatic carbocycles. The number of carboxylic acid groups (broad SMARTS) is 1. The van der Waals surface area contributed by atoms with E-state index in [1.165, 1.54) is 4.90 Å². The van der Waals surface area contributed by atoms with Crippen molar-refractivity contribution in [2.24, 2.45) is 11.8 Å². The molecule has 1 N–H and O–H groups in total. The molecule has 0 aromatic carbocycles. The number of hydrogen-bond acceptors (Lipinski definition) is 2. The quantitative estimate of drug-likeness (QED) is 0.840. The molecule has 2 rings (SSSR count). The maximum Gasteiger partial charge on any atom is 0.326 e. The molecule has 1 saturated carbocycles. The largest absolute Gasteiger partial charge is 0.480 e. The van der Waals surface area contributed by atoms with E-state index in [1.807, 2.05) is 0 Å². The van der Waals surface area contributed by atoms with Crippen LogP contribution in [0.1, 0.15) is 39.0 Å². The van der Waals surface area contributed by atoms with Crippen molar-refractivity contribution in [2.45, 2.75) is 51.0 Å². The fourth-order valence-corrected chi connectivity index (χ4v) is 3.19. The zero-order valence-electron chi connectivity index (χ0n) is 10.9. The maximum absolute atomic E-state index is 13.3. The Bertz CT molecular complexity index is 386. The van der Waals surface area contributed by atoms with E-state index in [2.05, 4.69) is 0 Å². The van der Waals surface area contributed by atoms with E-state index in [4.69, 9.17) is 5.11 Å². The van der Waals surface area contributed by atoms with Crippen LogP contribution in [0.25, 0.3) is 0 Å². The highest BCUT2D eigenvalue weighted by atomic mass is 19.3. The van der Waals surface area contributed by atoms with Crippen LogP contribution in [0.15, 0.2) is 0 Å². The van der Waals surface area contributed by atoms with Crippen molar-refractivity contribution in [3.63, 3.8) is 0 Å². The van der Waals surface area contributed by atoms with Crippen LogP contribution in [0.4, 0.5) is 8.78 Å². The second kappa shape index (κ2) is 5.06. The number of amides is 1. The smallest absolute Gasteiger partial charge is 0.326 e. The van der Waals surface area contributed by atoms with Crippen LogP contribution >= 0.6 is 0 Å². The maximum atomic E-state index is 13.3. The number of aliphatic carboxylic acids is 1.